The summed E-state index contributed by atoms with van der Waals surface area (Å²) in [6.07, 6.45) is 2.40. The van der Waals surface area contributed by atoms with Crippen LogP contribution in [0, 0.1) is 11.6 Å². The zero-order chi connectivity index (χ0) is 27.9. The smallest absolute Gasteiger partial charge is 0.407 e. The summed E-state index contributed by atoms with van der Waals surface area (Å²) in [6.45, 7) is 6.76. The number of halogens is 2. The molecule has 2 aromatic rings. The lowest BCUT2D eigenvalue weighted by atomic mass is 10.1. The van der Waals surface area contributed by atoms with Crippen LogP contribution in [0.1, 0.15) is 63.4 Å². The van der Waals surface area contributed by atoms with E-state index < -0.39 is 46.8 Å². The third-order valence-corrected chi connectivity index (χ3v) is 7.44. The van der Waals surface area contributed by atoms with Crippen molar-refractivity contribution in [3.63, 3.8) is 0 Å². The molecule has 38 heavy (non-hydrogen) atoms. The average Bonchev–Trinajstić information content (AvgIpc) is 3.59. The number of methoxy groups -OCH3 is 1. The topological polar surface area (TPSA) is 107 Å². The lowest BCUT2D eigenvalue weighted by Gasteiger charge is -2.31. The van der Waals surface area contributed by atoms with Crippen LogP contribution in [0.2, 0.25) is 0 Å². The van der Waals surface area contributed by atoms with Crippen LogP contribution in [-0.2, 0) is 14.3 Å². The molecular weight excluding hydrogens is 520 g/mol. The Morgan fingerprint density at radius 2 is 1.87 bits per heavy atom. The molecule has 4 rings (SSSR count). The molecule has 1 aliphatic heterocycles. The first-order chi connectivity index (χ1) is 17.8. The van der Waals surface area contributed by atoms with Gasteiger partial charge in [-0.2, -0.15) is 0 Å². The maximum absolute atomic E-state index is 16.3. The van der Waals surface area contributed by atoms with Crippen molar-refractivity contribution in [2.24, 2.45) is 0 Å². The van der Waals surface area contributed by atoms with E-state index in [0.717, 1.165) is 24.9 Å². The summed E-state index contributed by atoms with van der Waals surface area (Å²) in [5.74, 6) is -2.62. The number of rotatable bonds is 6. The van der Waals surface area contributed by atoms with E-state index in [1.807, 2.05) is 0 Å². The molecule has 1 saturated heterocycles. The number of ether oxygens (including phenoxy) is 2. The van der Waals surface area contributed by atoms with Crippen LogP contribution in [0.15, 0.2) is 17.1 Å². The Kier molecular flexibility index (Phi) is 7.74. The maximum atomic E-state index is 16.3. The van der Waals surface area contributed by atoms with Gasteiger partial charge in [-0.1, -0.05) is 11.8 Å². The van der Waals surface area contributed by atoms with E-state index in [1.54, 1.807) is 20.8 Å². The molecule has 1 aliphatic carbocycles. The number of nitrogens with zero attached hydrogens (tertiary/aromatic N) is 2. The molecule has 0 spiro atoms. The van der Waals surface area contributed by atoms with Gasteiger partial charge in [0.2, 0.25) is 5.43 Å². The van der Waals surface area contributed by atoms with Gasteiger partial charge in [0.15, 0.2) is 10.9 Å². The van der Waals surface area contributed by atoms with E-state index in [4.69, 9.17) is 9.47 Å². The lowest BCUT2D eigenvalue weighted by molar-refractivity contribution is -0.109. The van der Waals surface area contributed by atoms with Gasteiger partial charge in [0.25, 0.3) is 0 Å². The van der Waals surface area contributed by atoms with Gasteiger partial charge < -0.3 is 24.3 Å². The predicted molar refractivity (Wildman–Crippen MR) is 140 cm³/mol. The highest BCUT2D eigenvalue weighted by atomic mass is 32.2. The van der Waals surface area contributed by atoms with Gasteiger partial charge in [0.05, 0.1) is 30.1 Å². The van der Waals surface area contributed by atoms with Crippen LogP contribution >= 0.6 is 11.8 Å². The van der Waals surface area contributed by atoms with E-state index in [2.05, 4.69) is 5.32 Å². The number of anilines is 1. The van der Waals surface area contributed by atoms with E-state index in [-0.39, 0.29) is 45.6 Å². The second kappa shape index (κ2) is 10.5. The summed E-state index contributed by atoms with van der Waals surface area (Å²) in [5.41, 5.74) is -2.29. The molecule has 0 bridgehead atoms. The molecule has 1 saturated carbocycles. The number of alkyl carbamates (subject to hydrolysis) is 1. The quantitative estimate of drug-likeness (QED) is 0.534. The summed E-state index contributed by atoms with van der Waals surface area (Å²) in [5, 5.41) is 2.35. The molecule has 9 nitrogen and oxygen atoms in total. The number of benzene rings is 1. The van der Waals surface area contributed by atoms with Crippen molar-refractivity contribution < 1.29 is 32.6 Å². The summed E-state index contributed by atoms with van der Waals surface area (Å²) >= 11 is 0.990. The van der Waals surface area contributed by atoms with Gasteiger partial charge in [0.1, 0.15) is 22.7 Å². The molecule has 206 valence electrons. The number of nitrogens with one attached hydrogen (secondary N) is 1. The first-order valence-electron chi connectivity index (χ1n) is 12.4. The fraction of sp³-hybridized carbons (Fsp3) is 0.538. The number of hydrogen-bond donors (Lipinski definition) is 1. The third-order valence-electron chi connectivity index (χ3n) is 6.52. The Balaban J connectivity index is 1.80. The Labute approximate surface area is 222 Å². The molecule has 12 heteroatoms. The lowest BCUT2D eigenvalue weighted by Crippen LogP contribution is -2.48. The van der Waals surface area contributed by atoms with E-state index in [0.29, 0.717) is 19.3 Å². The van der Waals surface area contributed by atoms with E-state index >= 15 is 8.78 Å². The number of hydrogen-bond acceptors (Lipinski definition) is 8. The summed E-state index contributed by atoms with van der Waals surface area (Å²) in [6, 6.07) is -0.365. The van der Waals surface area contributed by atoms with E-state index in [1.165, 1.54) is 22.6 Å². The van der Waals surface area contributed by atoms with E-state index in [9.17, 15) is 19.2 Å². The van der Waals surface area contributed by atoms with Crippen molar-refractivity contribution in [3.05, 3.63) is 39.7 Å². The van der Waals surface area contributed by atoms with Crippen LogP contribution in [0.3, 0.4) is 0 Å². The first-order valence-corrected chi connectivity index (χ1v) is 13.4. The molecule has 2 fully saturated rings. The number of fused-ring (bicyclic) bond motifs is 1. The Bertz CT molecular complexity index is 1350. The molecule has 2 aliphatic rings. The molecule has 1 aromatic heterocycles. The number of pyridine rings is 1. The molecule has 1 N–H and O–H groups in total. The number of carbonyl (C=O) groups is 3. The van der Waals surface area contributed by atoms with Crippen LogP contribution in [-0.4, -0.2) is 58.8 Å². The zero-order valence-corrected chi connectivity index (χ0v) is 22.7. The highest BCUT2D eigenvalue weighted by molar-refractivity contribution is 8.13. The summed E-state index contributed by atoms with van der Waals surface area (Å²) < 4.78 is 43.5. The highest BCUT2D eigenvalue weighted by Gasteiger charge is 2.40. The minimum Gasteiger partial charge on any atom is -0.465 e. The second-order valence-corrected chi connectivity index (χ2v) is 11.7. The number of esters is 1. The normalized spacial score (nSPS) is 19.5. The van der Waals surface area contributed by atoms with Gasteiger partial charge in [-0.15, -0.1) is 0 Å². The first kappa shape index (κ1) is 27.9. The van der Waals surface area contributed by atoms with Crippen LogP contribution in [0.5, 0.6) is 0 Å². The van der Waals surface area contributed by atoms with Crippen LogP contribution < -0.4 is 15.6 Å². The standard InChI is InChI=1S/C26H31F2N3O6S/c1-13(32)38-12-19-18(29-25(35)37-26(2,3)4)8-9-30(19)22-17(27)10-15-21(20(22)28)31(14-6-7-14)11-16(23(15)33)24(34)36-5/h10-11,14,18-19H,6-9,12H2,1-5H3,(H,29,35). The molecule has 2 heterocycles. The molecular formula is C26H31F2N3O6S. The second-order valence-electron chi connectivity index (χ2n) is 10.5. The number of amides is 1. The monoisotopic (exact) mass is 551 g/mol. The van der Waals surface area contributed by atoms with Gasteiger partial charge in [0, 0.05) is 31.5 Å². The molecule has 1 amide bonds. The highest BCUT2D eigenvalue weighted by Crippen LogP contribution is 2.41. The fourth-order valence-electron chi connectivity index (χ4n) is 4.76. The molecule has 2 unspecified atom stereocenters. The summed E-state index contributed by atoms with van der Waals surface area (Å²) in [4.78, 5) is 50.9. The van der Waals surface area contributed by atoms with Crippen LogP contribution in [0.25, 0.3) is 10.9 Å². The van der Waals surface area contributed by atoms with Crippen molar-refractivity contribution in [1.29, 1.82) is 0 Å². The van der Waals surface area contributed by atoms with Gasteiger partial charge in [-0.3, -0.25) is 9.59 Å². The molecule has 2 atom stereocenters. The van der Waals surface area contributed by atoms with Gasteiger partial charge in [-0.05, 0) is 46.1 Å². The van der Waals surface area contributed by atoms with Crippen LogP contribution in [0.4, 0.5) is 19.3 Å². The van der Waals surface area contributed by atoms with Crippen molar-refractivity contribution >= 4 is 45.5 Å². The average molecular weight is 552 g/mol. The largest absolute Gasteiger partial charge is 0.465 e. The number of aromatic nitrogens is 1. The zero-order valence-electron chi connectivity index (χ0n) is 21.9. The van der Waals surface area contributed by atoms with Crippen molar-refractivity contribution in [3.8, 4) is 0 Å². The Morgan fingerprint density at radius 1 is 1.18 bits per heavy atom. The minimum atomic E-state index is -0.979. The summed E-state index contributed by atoms with van der Waals surface area (Å²) in [7, 11) is 1.13. The van der Waals surface area contributed by atoms with Crippen molar-refractivity contribution in [2.45, 2.75) is 70.7 Å². The SMILES string of the molecule is COC(=O)c1cn(C2CC2)c2c(F)c(N3CCC(NC(=O)OC(C)(C)C)C3CSC(C)=O)c(F)cc2c1=O. The van der Waals surface area contributed by atoms with Gasteiger partial charge >= 0.3 is 12.1 Å². The maximum Gasteiger partial charge on any atom is 0.407 e. The Morgan fingerprint density at radius 3 is 2.45 bits per heavy atom. The predicted octanol–water partition coefficient (Wildman–Crippen LogP) is 4.15. The van der Waals surface area contributed by atoms with Crippen molar-refractivity contribution in [2.75, 3.05) is 24.3 Å². The Hall–Kier alpha value is -3.15. The molecule has 1 aromatic carbocycles. The number of carbonyl (C=O) groups excluding carboxylic acids is 3. The third kappa shape index (κ3) is 5.64. The molecule has 0 radical (unpaired) electrons. The minimum absolute atomic E-state index is 0.0944. The van der Waals surface area contributed by atoms with Gasteiger partial charge in [-0.25, -0.2) is 18.4 Å². The van der Waals surface area contributed by atoms with Crippen molar-refractivity contribution in [1.82, 2.24) is 9.88 Å². The fourth-order valence-corrected chi connectivity index (χ4v) is 5.58. The number of thioether (sulfide) groups is 1.